The molecule has 3 heterocycles. The molecule has 7 nitrogen and oxygen atoms in total. The molecule has 7 heteroatoms. The number of H-pyrrole nitrogens is 1. The Morgan fingerprint density at radius 1 is 1.59 bits per heavy atom. The highest BCUT2D eigenvalue weighted by Gasteiger charge is 2.29. The molecule has 1 aliphatic rings. The summed E-state index contributed by atoms with van der Waals surface area (Å²) in [5.41, 5.74) is 1.83. The number of nitrogens with zero attached hydrogens (tertiary/aromatic N) is 3. The fourth-order valence-corrected chi connectivity index (χ4v) is 2.77. The second-order valence-corrected chi connectivity index (χ2v) is 5.50. The number of aromatic nitrogens is 4. The first kappa shape index (κ1) is 14.8. The molecule has 118 valence electrons. The maximum atomic E-state index is 12.2. The molecule has 3 rings (SSSR count). The van der Waals surface area contributed by atoms with Crippen molar-refractivity contribution < 1.29 is 9.53 Å². The van der Waals surface area contributed by atoms with Crippen LogP contribution in [0.25, 0.3) is 0 Å². The predicted molar refractivity (Wildman–Crippen MR) is 80.1 cm³/mol. The van der Waals surface area contributed by atoms with E-state index in [1.54, 1.807) is 12.3 Å². The summed E-state index contributed by atoms with van der Waals surface area (Å²) < 4.78 is 7.75. The molecule has 2 atom stereocenters. The van der Waals surface area contributed by atoms with Crippen LogP contribution in [0.1, 0.15) is 37.1 Å². The summed E-state index contributed by atoms with van der Waals surface area (Å²) in [5, 5.41) is 14.0. The number of rotatable bonds is 5. The van der Waals surface area contributed by atoms with Crippen LogP contribution in [0, 0.1) is 0 Å². The average Bonchev–Trinajstić information content (AvgIpc) is 3.19. The van der Waals surface area contributed by atoms with Gasteiger partial charge in [0.15, 0.2) is 0 Å². The van der Waals surface area contributed by atoms with Crippen LogP contribution in [-0.2, 0) is 22.5 Å². The summed E-state index contributed by atoms with van der Waals surface area (Å²) in [6, 6.07) is 1.79. The first-order valence-corrected chi connectivity index (χ1v) is 7.68. The number of ether oxygens (including phenoxy) is 1. The average molecular weight is 303 g/mol. The summed E-state index contributed by atoms with van der Waals surface area (Å²) >= 11 is 0. The normalized spacial score (nSPS) is 21.7. The smallest absolute Gasteiger partial charge is 0.226 e. The molecule has 0 aromatic carbocycles. The number of nitrogens with one attached hydrogen (secondary N) is 2. The van der Waals surface area contributed by atoms with E-state index in [1.165, 1.54) is 0 Å². The highest BCUT2D eigenvalue weighted by molar-refractivity contribution is 5.78. The molecule has 22 heavy (non-hydrogen) atoms. The first-order valence-electron chi connectivity index (χ1n) is 7.68. The van der Waals surface area contributed by atoms with Crippen LogP contribution in [0.3, 0.4) is 0 Å². The second kappa shape index (κ2) is 6.74. The molecule has 0 saturated carbocycles. The SMILES string of the molecule is CCn1cc([C@H]2OCCC[C@@H]2NC(=O)Cc2ccn[nH]2)cn1. The summed E-state index contributed by atoms with van der Waals surface area (Å²) in [5.74, 6) is -0.0207. The topological polar surface area (TPSA) is 84.8 Å². The van der Waals surface area contributed by atoms with E-state index >= 15 is 0 Å². The van der Waals surface area contributed by atoms with Gasteiger partial charge >= 0.3 is 0 Å². The molecule has 2 N–H and O–H groups in total. The van der Waals surface area contributed by atoms with Crippen LogP contribution in [0.2, 0.25) is 0 Å². The third-order valence-electron chi connectivity index (χ3n) is 3.88. The van der Waals surface area contributed by atoms with Gasteiger partial charge in [-0.25, -0.2) is 0 Å². The van der Waals surface area contributed by atoms with Gasteiger partial charge in [0.2, 0.25) is 5.91 Å². The van der Waals surface area contributed by atoms with Crippen LogP contribution >= 0.6 is 0 Å². The van der Waals surface area contributed by atoms with Crippen molar-refractivity contribution in [3.8, 4) is 0 Å². The lowest BCUT2D eigenvalue weighted by molar-refractivity contribution is -0.123. The van der Waals surface area contributed by atoms with Gasteiger partial charge in [-0.3, -0.25) is 14.6 Å². The van der Waals surface area contributed by atoms with E-state index in [9.17, 15) is 4.79 Å². The molecule has 0 unspecified atom stereocenters. The molecule has 1 amide bonds. The van der Waals surface area contributed by atoms with E-state index in [1.807, 2.05) is 24.0 Å². The summed E-state index contributed by atoms with van der Waals surface area (Å²) in [4.78, 5) is 12.2. The van der Waals surface area contributed by atoms with Gasteiger partial charge in [-0.1, -0.05) is 0 Å². The molecule has 2 aromatic rings. The quantitative estimate of drug-likeness (QED) is 0.869. The third kappa shape index (κ3) is 3.36. The number of aryl methyl sites for hydroxylation is 1. The lowest BCUT2D eigenvalue weighted by Gasteiger charge is -2.31. The molecule has 0 spiro atoms. The zero-order valence-electron chi connectivity index (χ0n) is 12.7. The minimum absolute atomic E-state index is 0.0151. The molecule has 2 aromatic heterocycles. The molecule has 1 fully saturated rings. The van der Waals surface area contributed by atoms with Gasteiger partial charge in [-0.05, 0) is 25.8 Å². The third-order valence-corrected chi connectivity index (χ3v) is 3.88. The van der Waals surface area contributed by atoms with Gasteiger partial charge in [0.1, 0.15) is 6.10 Å². The van der Waals surface area contributed by atoms with Crippen LogP contribution in [-0.4, -0.2) is 38.5 Å². The summed E-state index contributed by atoms with van der Waals surface area (Å²) in [7, 11) is 0. The Hall–Kier alpha value is -2.15. The molecular weight excluding hydrogens is 282 g/mol. The largest absolute Gasteiger partial charge is 0.371 e. The lowest BCUT2D eigenvalue weighted by Crippen LogP contribution is -2.43. The van der Waals surface area contributed by atoms with Crippen LogP contribution in [0.4, 0.5) is 0 Å². The fraction of sp³-hybridized carbons (Fsp3) is 0.533. The van der Waals surface area contributed by atoms with Gasteiger partial charge < -0.3 is 10.1 Å². The van der Waals surface area contributed by atoms with Crippen molar-refractivity contribution >= 4 is 5.91 Å². The zero-order valence-corrected chi connectivity index (χ0v) is 12.7. The van der Waals surface area contributed by atoms with Gasteiger partial charge in [0.25, 0.3) is 0 Å². The summed E-state index contributed by atoms with van der Waals surface area (Å²) in [6.07, 6.45) is 7.51. The lowest BCUT2D eigenvalue weighted by atomic mass is 9.98. The number of aromatic amines is 1. The van der Waals surface area contributed by atoms with Crippen molar-refractivity contribution in [2.24, 2.45) is 0 Å². The van der Waals surface area contributed by atoms with E-state index in [0.717, 1.165) is 37.3 Å². The minimum atomic E-state index is -0.125. The Bertz CT molecular complexity index is 607. The highest BCUT2D eigenvalue weighted by Crippen LogP contribution is 2.28. The van der Waals surface area contributed by atoms with Crippen LogP contribution in [0.5, 0.6) is 0 Å². The molecular formula is C15H21N5O2. The maximum Gasteiger partial charge on any atom is 0.226 e. The summed E-state index contributed by atoms with van der Waals surface area (Å²) in [6.45, 7) is 3.58. The minimum Gasteiger partial charge on any atom is -0.371 e. The maximum absolute atomic E-state index is 12.2. The van der Waals surface area contributed by atoms with Crippen molar-refractivity contribution in [2.75, 3.05) is 6.61 Å². The van der Waals surface area contributed by atoms with Gasteiger partial charge in [0, 0.05) is 36.8 Å². The van der Waals surface area contributed by atoms with Crippen LogP contribution < -0.4 is 5.32 Å². The van der Waals surface area contributed by atoms with E-state index in [-0.39, 0.29) is 18.1 Å². The van der Waals surface area contributed by atoms with Gasteiger partial charge in [0.05, 0.1) is 18.7 Å². The monoisotopic (exact) mass is 303 g/mol. The molecule has 0 bridgehead atoms. The number of carbonyl (C=O) groups is 1. The van der Waals surface area contributed by atoms with Crippen molar-refractivity contribution in [1.29, 1.82) is 0 Å². The van der Waals surface area contributed by atoms with Crippen molar-refractivity contribution in [3.05, 3.63) is 35.9 Å². The number of amides is 1. The molecule has 0 radical (unpaired) electrons. The van der Waals surface area contributed by atoms with E-state index < -0.39 is 0 Å². The van der Waals surface area contributed by atoms with Gasteiger partial charge in [-0.15, -0.1) is 0 Å². The van der Waals surface area contributed by atoms with Crippen molar-refractivity contribution in [2.45, 2.75) is 44.9 Å². The Balaban J connectivity index is 1.65. The Morgan fingerprint density at radius 3 is 3.23 bits per heavy atom. The van der Waals surface area contributed by atoms with E-state index in [0.29, 0.717) is 6.42 Å². The fourth-order valence-electron chi connectivity index (χ4n) is 2.77. The Morgan fingerprint density at radius 2 is 2.50 bits per heavy atom. The van der Waals surface area contributed by atoms with Crippen molar-refractivity contribution in [3.63, 3.8) is 0 Å². The second-order valence-electron chi connectivity index (χ2n) is 5.50. The zero-order chi connectivity index (χ0) is 15.4. The Labute approximate surface area is 129 Å². The van der Waals surface area contributed by atoms with Crippen molar-refractivity contribution in [1.82, 2.24) is 25.3 Å². The van der Waals surface area contributed by atoms with E-state index in [4.69, 9.17) is 4.74 Å². The molecule has 1 aliphatic heterocycles. The molecule has 1 saturated heterocycles. The number of carbonyl (C=O) groups excluding carboxylic acids is 1. The van der Waals surface area contributed by atoms with Gasteiger partial charge in [-0.2, -0.15) is 10.2 Å². The number of hydrogen-bond donors (Lipinski definition) is 2. The highest BCUT2D eigenvalue weighted by atomic mass is 16.5. The predicted octanol–water partition coefficient (Wildman–Crippen LogP) is 1.21. The van der Waals surface area contributed by atoms with Crippen LogP contribution in [0.15, 0.2) is 24.7 Å². The first-order chi connectivity index (χ1) is 10.8. The Kier molecular flexibility index (Phi) is 4.53. The molecule has 0 aliphatic carbocycles. The van der Waals surface area contributed by atoms with E-state index in [2.05, 4.69) is 20.6 Å². The number of hydrogen-bond acceptors (Lipinski definition) is 4. The standard InChI is InChI=1S/C15H21N5O2/c1-2-20-10-11(9-17-20)15-13(4-3-7-22-15)18-14(21)8-12-5-6-16-19-12/h5-6,9-10,13,15H,2-4,7-8H2,1H3,(H,16,19)(H,18,21)/t13-,15+/m0/s1.